The van der Waals surface area contributed by atoms with E-state index in [-0.39, 0.29) is 17.1 Å². The fourth-order valence-electron chi connectivity index (χ4n) is 2.31. The second kappa shape index (κ2) is 5.28. The summed E-state index contributed by atoms with van der Waals surface area (Å²) in [5.74, 6) is 1.51. The summed E-state index contributed by atoms with van der Waals surface area (Å²) in [7, 11) is 1.94. The molecule has 1 unspecified atom stereocenters. The third-order valence-electron chi connectivity index (χ3n) is 3.45. The van der Waals surface area contributed by atoms with Gasteiger partial charge < -0.3 is 10.2 Å². The number of carbonyl (C=O) groups excluding carboxylic acids is 1. The Hall–Kier alpha value is -1.43. The van der Waals surface area contributed by atoms with Crippen LogP contribution in [0.4, 0.5) is 0 Å². The predicted molar refractivity (Wildman–Crippen MR) is 73.0 cm³/mol. The van der Waals surface area contributed by atoms with E-state index in [4.69, 9.17) is 0 Å². The molecule has 6 nitrogen and oxygen atoms in total. The van der Waals surface area contributed by atoms with Gasteiger partial charge in [0, 0.05) is 18.5 Å². The molecule has 0 aromatic carbocycles. The van der Waals surface area contributed by atoms with Gasteiger partial charge in [0.25, 0.3) is 5.91 Å². The van der Waals surface area contributed by atoms with Crippen LogP contribution in [0.25, 0.3) is 0 Å². The summed E-state index contributed by atoms with van der Waals surface area (Å²) in [4.78, 5) is 18.5. The fourth-order valence-corrected chi connectivity index (χ4v) is 2.31. The minimum atomic E-state index is -0.120. The Morgan fingerprint density at radius 1 is 1.53 bits per heavy atom. The average molecular weight is 265 g/mol. The van der Waals surface area contributed by atoms with E-state index in [1.165, 1.54) is 0 Å². The van der Waals surface area contributed by atoms with Crippen LogP contribution in [0, 0.1) is 5.92 Å². The highest BCUT2D eigenvalue weighted by Gasteiger charge is 2.29. The van der Waals surface area contributed by atoms with Crippen molar-refractivity contribution < 1.29 is 4.79 Å². The van der Waals surface area contributed by atoms with Crippen LogP contribution in [0.5, 0.6) is 0 Å². The Morgan fingerprint density at radius 2 is 2.26 bits per heavy atom. The molecule has 106 valence electrons. The molecule has 0 spiro atoms. The van der Waals surface area contributed by atoms with Crippen molar-refractivity contribution in [2.75, 3.05) is 26.7 Å². The van der Waals surface area contributed by atoms with E-state index < -0.39 is 0 Å². The summed E-state index contributed by atoms with van der Waals surface area (Å²) in [5.41, 5.74) is -0.120. The maximum Gasteiger partial charge on any atom is 0.293 e. The fraction of sp³-hybridized carbons (Fsp3) is 0.769. The van der Waals surface area contributed by atoms with Gasteiger partial charge in [-0.15, -0.1) is 5.10 Å². The van der Waals surface area contributed by atoms with E-state index >= 15 is 0 Å². The Kier molecular flexibility index (Phi) is 3.89. The lowest BCUT2D eigenvalue weighted by Crippen LogP contribution is -2.31. The molecule has 1 amide bonds. The standard InChI is InChI=1S/C13H23N5O/c1-13(2,3)12-15-10(16-17-12)11(19)18-6-5-9(8-18)7-14-4/h9,14H,5-8H2,1-4H3,(H,15,16,17). The number of hydrogen-bond donors (Lipinski definition) is 2. The van der Waals surface area contributed by atoms with Gasteiger partial charge in [-0.25, -0.2) is 4.98 Å². The summed E-state index contributed by atoms with van der Waals surface area (Å²) >= 11 is 0. The highest BCUT2D eigenvalue weighted by molar-refractivity contribution is 5.90. The molecular weight excluding hydrogens is 242 g/mol. The number of H-pyrrole nitrogens is 1. The summed E-state index contributed by atoms with van der Waals surface area (Å²) in [6.45, 7) is 8.66. The van der Waals surface area contributed by atoms with Crippen LogP contribution in [0.1, 0.15) is 43.6 Å². The van der Waals surface area contributed by atoms with Gasteiger partial charge in [0.05, 0.1) is 0 Å². The van der Waals surface area contributed by atoms with E-state index in [1.54, 1.807) is 0 Å². The first-order valence-electron chi connectivity index (χ1n) is 6.78. The Labute approximate surface area is 114 Å². The number of aromatic nitrogens is 3. The van der Waals surface area contributed by atoms with Crippen molar-refractivity contribution >= 4 is 5.91 Å². The number of nitrogens with zero attached hydrogens (tertiary/aromatic N) is 3. The Bertz CT molecular complexity index is 448. The number of aromatic amines is 1. The third kappa shape index (κ3) is 3.12. The smallest absolute Gasteiger partial charge is 0.293 e. The number of carbonyl (C=O) groups is 1. The van der Waals surface area contributed by atoms with Crippen molar-refractivity contribution in [2.24, 2.45) is 5.92 Å². The topological polar surface area (TPSA) is 73.9 Å². The molecule has 0 bridgehead atoms. The molecule has 0 saturated carbocycles. The molecule has 1 atom stereocenters. The van der Waals surface area contributed by atoms with Gasteiger partial charge in [-0.1, -0.05) is 20.8 Å². The van der Waals surface area contributed by atoms with Gasteiger partial charge >= 0.3 is 0 Å². The number of nitrogens with one attached hydrogen (secondary N) is 2. The second-order valence-corrected chi connectivity index (χ2v) is 6.22. The highest BCUT2D eigenvalue weighted by atomic mass is 16.2. The zero-order chi connectivity index (χ0) is 14.0. The van der Waals surface area contributed by atoms with Crippen molar-refractivity contribution in [1.82, 2.24) is 25.4 Å². The van der Waals surface area contributed by atoms with E-state index in [2.05, 4.69) is 20.5 Å². The van der Waals surface area contributed by atoms with Crippen molar-refractivity contribution in [2.45, 2.75) is 32.6 Å². The molecule has 1 aliphatic rings. The van der Waals surface area contributed by atoms with Crippen LogP contribution in [-0.2, 0) is 5.41 Å². The largest absolute Gasteiger partial charge is 0.336 e. The van der Waals surface area contributed by atoms with Crippen LogP contribution in [0.3, 0.4) is 0 Å². The van der Waals surface area contributed by atoms with Crippen molar-refractivity contribution in [3.63, 3.8) is 0 Å². The zero-order valence-corrected chi connectivity index (χ0v) is 12.2. The van der Waals surface area contributed by atoms with E-state index in [9.17, 15) is 4.79 Å². The monoisotopic (exact) mass is 265 g/mol. The minimum absolute atomic E-state index is 0.0645. The second-order valence-electron chi connectivity index (χ2n) is 6.22. The molecule has 1 saturated heterocycles. The maximum atomic E-state index is 12.3. The lowest BCUT2D eigenvalue weighted by molar-refractivity contribution is 0.0775. The first-order chi connectivity index (χ1) is 8.91. The molecule has 1 aromatic heterocycles. The summed E-state index contributed by atoms with van der Waals surface area (Å²) in [6, 6.07) is 0. The molecule has 1 fully saturated rings. The molecule has 19 heavy (non-hydrogen) atoms. The highest BCUT2D eigenvalue weighted by Crippen LogP contribution is 2.20. The zero-order valence-electron chi connectivity index (χ0n) is 12.2. The van der Waals surface area contributed by atoms with Crippen LogP contribution in [0.15, 0.2) is 0 Å². The van der Waals surface area contributed by atoms with Crippen LogP contribution in [0.2, 0.25) is 0 Å². The van der Waals surface area contributed by atoms with Crippen molar-refractivity contribution in [3.8, 4) is 0 Å². The van der Waals surface area contributed by atoms with Crippen molar-refractivity contribution in [1.29, 1.82) is 0 Å². The van der Waals surface area contributed by atoms with Crippen LogP contribution >= 0.6 is 0 Å². The normalized spacial score (nSPS) is 20.0. The van der Waals surface area contributed by atoms with Gasteiger partial charge in [-0.2, -0.15) is 0 Å². The minimum Gasteiger partial charge on any atom is -0.336 e. The van der Waals surface area contributed by atoms with Gasteiger partial charge in [0.2, 0.25) is 5.82 Å². The molecule has 1 aromatic rings. The van der Waals surface area contributed by atoms with Gasteiger partial charge in [0.1, 0.15) is 5.82 Å². The van der Waals surface area contributed by atoms with Gasteiger partial charge in [-0.05, 0) is 25.9 Å². The molecule has 1 aliphatic heterocycles. The predicted octanol–water partition coefficient (Wildman–Crippen LogP) is 0.784. The molecule has 2 rings (SSSR count). The average Bonchev–Trinajstić information content (AvgIpc) is 2.96. The van der Waals surface area contributed by atoms with Crippen LogP contribution < -0.4 is 5.32 Å². The van der Waals surface area contributed by atoms with E-state index in [0.717, 1.165) is 31.9 Å². The van der Waals surface area contributed by atoms with Crippen LogP contribution in [-0.4, -0.2) is 52.7 Å². The van der Waals surface area contributed by atoms with Crippen molar-refractivity contribution in [3.05, 3.63) is 11.6 Å². The lowest BCUT2D eigenvalue weighted by Gasteiger charge is -2.15. The number of likely N-dealkylation sites (tertiary alicyclic amines) is 1. The number of amides is 1. The Balaban J connectivity index is 2.03. The molecule has 2 heterocycles. The van der Waals surface area contributed by atoms with E-state index in [0.29, 0.717) is 5.92 Å². The maximum absolute atomic E-state index is 12.3. The van der Waals surface area contributed by atoms with Gasteiger partial charge in [-0.3, -0.25) is 9.89 Å². The quantitative estimate of drug-likeness (QED) is 0.847. The molecule has 0 aliphatic carbocycles. The third-order valence-corrected chi connectivity index (χ3v) is 3.45. The SMILES string of the molecule is CNCC1CCN(C(=O)c2n[nH]c(C(C)(C)C)n2)C1. The molecule has 0 radical (unpaired) electrons. The Morgan fingerprint density at radius 3 is 2.84 bits per heavy atom. The van der Waals surface area contributed by atoms with Gasteiger partial charge in [0.15, 0.2) is 0 Å². The molecule has 6 heteroatoms. The molecule has 2 N–H and O–H groups in total. The lowest BCUT2D eigenvalue weighted by atomic mass is 9.96. The first kappa shape index (κ1) is 14.0. The molecular formula is C13H23N5O. The summed E-state index contributed by atoms with van der Waals surface area (Å²) < 4.78 is 0. The summed E-state index contributed by atoms with van der Waals surface area (Å²) in [5, 5.41) is 10.1. The van der Waals surface area contributed by atoms with E-state index in [1.807, 2.05) is 32.7 Å². The number of rotatable bonds is 3. The first-order valence-corrected chi connectivity index (χ1v) is 6.78. The summed E-state index contributed by atoms with van der Waals surface area (Å²) in [6.07, 6.45) is 1.04. The number of hydrogen-bond acceptors (Lipinski definition) is 4.